The Hall–Kier alpha value is -2.49. The van der Waals surface area contributed by atoms with E-state index in [-0.39, 0.29) is 5.82 Å². The van der Waals surface area contributed by atoms with E-state index >= 15 is 0 Å². The van der Waals surface area contributed by atoms with Gasteiger partial charge in [-0.1, -0.05) is 19.4 Å². The molecule has 0 fully saturated rings. The first kappa shape index (κ1) is 13.2. The van der Waals surface area contributed by atoms with Crippen LogP contribution in [0.5, 0.6) is 0 Å². The number of unbranched alkanes of at least 4 members (excludes halogenated alkanes) is 1. The van der Waals surface area contributed by atoms with Gasteiger partial charge in [0.25, 0.3) is 0 Å². The summed E-state index contributed by atoms with van der Waals surface area (Å²) < 4.78 is 15.7. The Morgan fingerprint density at radius 1 is 1.14 bits per heavy atom. The van der Waals surface area contributed by atoms with Crippen molar-refractivity contribution in [2.75, 3.05) is 0 Å². The molecule has 0 atom stereocenters. The quantitative estimate of drug-likeness (QED) is 0.556. The Morgan fingerprint density at radius 2 is 2.05 bits per heavy atom. The molecule has 4 aromatic rings. The topological polar surface area (TPSA) is 30.2 Å². The Labute approximate surface area is 127 Å². The number of hydrogen-bond acceptors (Lipinski definition) is 2. The molecule has 3 heterocycles. The van der Waals surface area contributed by atoms with Crippen molar-refractivity contribution in [3.05, 3.63) is 54.2 Å². The first-order valence-electron chi connectivity index (χ1n) is 7.61. The highest BCUT2D eigenvalue weighted by molar-refractivity contribution is 6.09. The standard InChI is InChI=1S/C18H16FN3/c1-2-3-4-14-9-12-5-6-13(19)10-15(12)18-16-11-20-8-7-17(16)21-22(14)18/h5-11H,2-4H2,1H3. The molecule has 3 nitrogen and oxygen atoms in total. The molecule has 0 bridgehead atoms. The molecule has 0 amide bonds. The van der Waals surface area contributed by atoms with Crippen molar-refractivity contribution >= 4 is 27.2 Å². The minimum absolute atomic E-state index is 0.228. The van der Waals surface area contributed by atoms with Gasteiger partial charge in [-0.2, -0.15) is 5.10 Å². The van der Waals surface area contributed by atoms with Gasteiger partial charge in [-0.15, -0.1) is 0 Å². The van der Waals surface area contributed by atoms with Gasteiger partial charge in [0.2, 0.25) is 0 Å². The summed E-state index contributed by atoms with van der Waals surface area (Å²) in [5, 5.41) is 7.60. The number of aromatic nitrogens is 3. The lowest BCUT2D eigenvalue weighted by Gasteiger charge is -2.08. The van der Waals surface area contributed by atoms with E-state index in [9.17, 15) is 4.39 Å². The molecule has 0 aliphatic carbocycles. The monoisotopic (exact) mass is 293 g/mol. The van der Waals surface area contributed by atoms with Gasteiger partial charge in [0.05, 0.1) is 11.0 Å². The number of rotatable bonds is 3. The van der Waals surface area contributed by atoms with E-state index in [0.29, 0.717) is 0 Å². The largest absolute Gasteiger partial charge is 0.264 e. The summed E-state index contributed by atoms with van der Waals surface area (Å²) in [6.07, 6.45) is 6.75. The summed E-state index contributed by atoms with van der Waals surface area (Å²) in [5.74, 6) is -0.228. The molecule has 0 saturated carbocycles. The van der Waals surface area contributed by atoms with Crippen molar-refractivity contribution in [1.29, 1.82) is 0 Å². The molecule has 1 aromatic carbocycles. The summed E-state index contributed by atoms with van der Waals surface area (Å²) in [5.41, 5.74) is 3.00. The van der Waals surface area contributed by atoms with Crippen molar-refractivity contribution < 1.29 is 4.39 Å². The Kier molecular flexibility index (Phi) is 3.03. The van der Waals surface area contributed by atoms with Crippen LogP contribution < -0.4 is 0 Å². The molecule has 0 saturated heterocycles. The van der Waals surface area contributed by atoms with Crippen molar-refractivity contribution in [3.63, 3.8) is 0 Å². The molecular formula is C18H16FN3. The minimum Gasteiger partial charge on any atom is -0.264 e. The van der Waals surface area contributed by atoms with E-state index in [1.807, 2.05) is 22.8 Å². The predicted molar refractivity (Wildman–Crippen MR) is 86.6 cm³/mol. The molecule has 0 unspecified atom stereocenters. The second-order valence-corrected chi connectivity index (χ2v) is 5.62. The van der Waals surface area contributed by atoms with Gasteiger partial charge in [-0.25, -0.2) is 8.91 Å². The Balaban J connectivity index is 2.17. The van der Waals surface area contributed by atoms with Crippen molar-refractivity contribution in [1.82, 2.24) is 14.6 Å². The minimum atomic E-state index is -0.228. The van der Waals surface area contributed by atoms with Gasteiger partial charge in [0, 0.05) is 28.9 Å². The van der Waals surface area contributed by atoms with Gasteiger partial charge in [-0.05, 0) is 42.5 Å². The number of pyridine rings is 2. The van der Waals surface area contributed by atoms with Crippen LogP contribution in [0.1, 0.15) is 25.5 Å². The zero-order chi connectivity index (χ0) is 15.1. The lowest BCUT2D eigenvalue weighted by Crippen LogP contribution is -1.99. The van der Waals surface area contributed by atoms with Gasteiger partial charge in [0.15, 0.2) is 0 Å². The number of aryl methyl sites for hydroxylation is 1. The van der Waals surface area contributed by atoms with E-state index in [2.05, 4.69) is 18.0 Å². The third-order valence-electron chi connectivity index (χ3n) is 4.12. The van der Waals surface area contributed by atoms with Crippen LogP contribution in [0.3, 0.4) is 0 Å². The highest BCUT2D eigenvalue weighted by atomic mass is 19.1. The van der Waals surface area contributed by atoms with Crippen LogP contribution >= 0.6 is 0 Å². The SMILES string of the molecule is CCCCc1cc2ccc(F)cc2c2c3cnccc3nn12. The fraction of sp³-hybridized carbons (Fsp3) is 0.222. The zero-order valence-corrected chi connectivity index (χ0v) is 12.4. The van der Waals surface area contributed by atoms with E-state index in [0.717, 1.165) is 52.1 Å². The number of nitrogens with zero attached hydrogens (tertiary/aromatic N) is 3. The van der Waals surface area contributed by atoms with E-state index in [1.165, 1.54) is 6.07 Å². The molecule has 0 N–H and O–H groups in total. The summed E-state index contributed by atoms with van der Waals surface area (Å²) in [6, 6.07) is 8.96. The summed E-state index contributed by atoms with van der Waals surface area (Å²) in [4.78, 5) is 4.21. The second kappa shape index (κ2) is 5.05. The number of fused-ring (bicyclic) bond motifs is 5. The van der Waals surface area contributed by atoms with Gasteiger partial charge in [-0.3, -0.25) is 4.98 Å². The lowest BCUT2D eigenvalue weighted by atomic mass is 10.1. The highest BCUT2D eigenvalue weighted by Crippen LogP contribution is 2.29. The Bertz CT molecular complexity index is 988. The van der Waals surface area contributed by atoms with E-state index in [1.54, 1.807) is 12.3 Å². The Morgan fingerprint density at radius 3 is 2.91 bits per heavy atom. The van der Waals surface area contributed by atoms with Crippen LogP contribution in [0.2, 0.25) is 0 Å². The first-order chi connectivity index (χ1) is 10.8. The predicted octanol–water partition coefficient (Wildman–Crippen LogP) is 4.52. The molecule has 4 rings (SSSR count). The molecule has 0 aliphatic heterocycles. The van der Waals surface area contributed by atoms with Crippen LogP contribution in [0, 0.1) is 5.82 Å². The molecule has 4 heteroatoms. The highest BCUT2D eigenvalue weighted by Gasteiger charge is 2.13. The fourth-order valence-electron chi connectivity index (χ4n) is 3.03. The molecular weight excluding hydrogens is 277 g/mol. The first-order valence-corrected chi connectivity index (χ1v) is 7.61. The van der Waals surface area contributed by atoms with Gasteiger partial charge in [0.1, 0.15) is 5.82 Å². The zero-order valence-electron chi connectivity index (χ0n) is 12.4. The third-order valence-corrected chi connectivity index (χ3v) is 4.12. The molecule has 110 valence electrons. The lowest BCUT2D eigenvalue weighted by molar-refractivity contribution is 0.629. The average Bonchev–Trinajstić information content (AvgIpc) is 2.93. The molecule has 0 spiro atoms. The summed E-state index contributed by atoms with van der Waals surface area (Å²) >= 11 is 0. The molecule has 0 aliphatic rings. The molecule has 3 aromatic heterocycles. The van der Waals surface area contributed by atoms with E-state index < -0.39 is 0 Å². The smallest absolute Gasteiger partial charge is 0.123 e. The van der Waals surface area contributed by atoms with Crippen LogP contribution in [0.4, 0.5) is 4.39 Å². The normalized spacial score (nSPS) is 11.7. The van der Waals surface area contributed by atoms with Crippen molar-refractivity contribution in [2.45, 2.75) is 26.2 Å². The van der Waals surface area contributed by atoms with Gasteiger partial charge < -0.3 is 0 Å². The van der Waals surface area contributed by atoms with Crippen LogP contribution in [-0.4, -0.2) is 14.6 Å². The summed E-state index contributed by atoms with van der Waals surface area (Å²) in [6.45, 7) is 2.18. The summed E-state index contributed by atoms with van der Waals surface area (Å²) in [7, 11) is 0. The maximum absolute atomic E-state index is 13.7. The number of hydrogen-bond donors (Lipinski definition) is 0. The molecule has 0 radical (unpaired) electrons. The maximum Gasteiger partial charge on any atom is 0.123 e. The van der Waals surface area contributed by atoms with Crippen LogP contribution in [0.15, 0.2) is 42.7 Å². The maximum atomic E-state index is 13.7. The van der Waals surface area contributed by atoms with Crippen LogP contribution in [0.25, 0.3) is 27.2 Å². The molecule has 22 heavy (non-hydrogen) atoms. The van der Waals surface area contributed by atoms with E-state index in [4.69, 9.17) is 5.10 Å². The third kappa shape index (κ3) is 1.95. The second-order valence-electron chi connectivity index (χ2n) is 5.62. The fourth-order valence-corrected chi connectivity index (χ4v) is 3.03. The number of benzene rings is 1. The van der Waals surface area contributed by atoms with Crippen molar-refractivity contribution in [2.24, 2.45) is 0 Å². The van der Waals surface area contributed by atoms with Crippen LogP contribution in [-0.2, 0) is 6.42 Å². The van der Waals surface area contributed by atoms with Gasteiger partial charge >= 0.3 is 0 Å². The van der Waals surface area contributed by atoms with Crippen molar-refractivity contribution in [3.8, 4) is 0 Å². The number of halogens is 1. The average molecular weight is 293 g/mol.